The molecule has 7 heteroatoms. The Morgan fingerprint density at radius 2 is 2.00 bits per heavy atom. The summed E-state index contributed by atoms with van der Waals surface area (Å²) >= 11 is 1.75. The number of thiazole rings is 1. The summed E-state index contributed by atoms with van der Waals surface area (Å²) in [7, 11) is 1.96. The van der Waals surface area contributed by atoms with Crippen LogP contribution in [0.4, 0.5) is 0 Å². The monoisotopic (exact) mass is 355 g/mol. The highest BCUT2D eigenvalue weighted by molar-refractivity contribution is 7.11. The lowest BCUT2D eigenvalue weighted by Crippen LogP contribution is -2.48. The van der Waals surface area contributed by atoms with E-state index in [9.17, 15) is 4.79 Å². The van der Waals surface area contributed by atoms with Crippen molar-refractivity contribution in [2.45, 2.75) is 13.5 Å². The van der Waals surface area contributed by atoms with E-state index in [0.717, 1.165) is 54.3 Å². The average molecular weight is 355 g/mol. The molecule has 0 unspecified atom stereocenters. The fourth-order valence-electron chi connectivity index (χ4n) is 3.26. The summed E-state index contributed by atoms with van der Waals surface area (Å²) in [5, 5.41) is 1.11. The first-order valence-corrected chi connectivity index (χ1v) is 9.26. The molecule has 0 atom stereocenters. The van der Waals surface area contributed by atoms with Crippen LogP contribution in [0.15, 0.2) is 30.7 Å². The van der Waals surface area contributed by atoms with Crippen LogP contribution < -0.4 is 0 Å². The summed E-state index contributed by atoms with van der Waals surface area (Å²) < 4.78 is 1.96. The molecule has 25 heavy (non-hydrogen) atoms. The summed E-state index contributed by atoms with van der Waals surface area (Å²) in [6.45, 7) is 6.27. The number of aryl methyl sites for hydroxylation is 2. The Labute approximate surface area is 150 Å². The number of piperazine rings is 1. The van der Waals surface area contributed by atoms with Gasteiger partial charge in [0.25, 0.3) is 5.91 Å². The molecule has 0 bridgehead atoms. The third-order valence-electron chi connectivity index (χ3n) is 4.68. The molecule has 2 aromatic heterocycles. The number of carbonyl (C=O) groups excluding carboxylic acids is 1. The molecule has 1 saturated heterocycles. The normalized spacial score (nSPS) is 15.8. The van der Waals surface area contributed by atoms with Crippen molar-refractivity contribution in [1.82, 2.24) is 24.3 Å². The third-order valence-corrected chi connectivity index (χ3v) is 5.58. The molecule has 0 radical (unpaired) electrons. The summed E-state index contributed by atoms with van der Waals surface area (Å²) in [5.74, 6) is 0.0980. The molecule has 1 amide bonds. The summed E-state index contributed by atoms with van der Waals surface area (Å²) in [6, 6.07) is 5.76. The Morgan fingerprint density at radius 1 is 1.20 bits per heavy atom. The van der Waals surface area contributed by atoms with Crippen molar-refractivity contribution in [3.05, 3.63) is 46.2 Å². The van der Waals surface area contributed by atoms with Gasteiger partial charge in [-0.15, -0.1) is 11.3 Å². The lowest BCUT2D eigenvalue weighted by molar-refractivity contribution is 0.0629. The van der Waals surface area contributed by atoms with Crippen LogP contribution >= 0.6 is 11.3 Å². The molecular weight excluding hydrogens is 334 g/mol. The molecule has 1 fully saturated rings. The van der Waals surface area contributed by atoms with Gasteiger partial charge in [0.1, 0.15) is 0 Å². The lowest BCUT2D eigenvalue weighted by Gasteiger charge is -2.34. The van der Waals surface area contributed by atoms with Crippen molar-refractivity contribution in [2.24, 2.45) is 7.05 Å². The third kappa shape index (κ3) is 3.29. The molecule has 130 valence electrons. The highest BCUT2D eigenvalue weighted by Gasteiger charge is 2.23. The number of nitrogens with zero attached hydrogens (tertiary/aromatic N) is 5. The van der Waals surface area contributed by atoms with E-state index >= 15 is 0 Å². The number of benzene rings is 1. The maximum Gasteiger partial charge on any atom is 0.254 e. The highest BCUT2D eigenvalue weighted by atomic mass is 32.1. The van der Waals surface area contributed by atoms with Crippen molar-refractivity contribution < 1.29 is 4.79 Å². The van der Waals surface area contributed by atoms with E-state index in [4.69, 9.17) is 0 Å². The highest BCUT2D eigenvalue weighted by Crippen LogP contribution is 2.18. The van der Waals surface area contributed by atoms with Crippen LogP contribution in [0.2, 0.25) is 0 Å². The second-order valence-corrected chi connectivity index (χ2v) is 7.79. The minimum atomic E-state index is 0.0980. The van der Waals surface area contributed by atoms with Crippen molar-refractivity contribution in [3.8, 4) is 0 Å². The van der Waals surface area contributed by atoms with Gasteiger partial charge in [0.15, 0.2) is 0 Å². The fraction of sp³-hybridized carbons (Fsp3) is 0.389. The van der Waals surface area contributed by atoms with Crippen molar-refractivity contribution in [2.75, 3.05) is 26.2 Å². The molecule has 3 heterocycles. The Morgan fingerprint density at radius 3 is 2.72 bits per heavy atom. The zero-order valence-electron chi connectivity index (χ0n) is 14.5. The first-order chi connectivity index (χ1) is 12.1. The van der Waals surface area contributed by atoms with Gasteiger partial charge in [0, 0.05) is 56.4 Å². The first-order valence-electron chi connectivity index (χ1n) is 8.44. The standard InChI is InChI=1S/C18H21N5OS/c1-13-19-10-15(25-13)11-22-5-7-23(8-6-22)18(24)14-3-4-17-16(9-14)20-12-21(17)2/h3-4,9-10,12H,5-8,11H2,1-2H3. The Bertz CT molecular complexity index is 907. The van der Waals surface area contributed by atoms with Gasteiger partial charge >= 0.3 is 0 Å². The van der Waals surface area contributed by atoms with Gasteiger partial charge in [-0.1, -0.05) is 0 Å². The van der Waals surface area contributed by atoms with E-state index in [1.165, 1.54) is 4.88 Å². The van der Waals surface area contributed by atoms with Crippen molar-refractivity contribution in [1.29, 1.82) is 0 Å². The number of hydrogen-bond acceptors (Lipinski definition) is 5. The van der Waals surface area contributed by atoms with Gasteiger partial charge in [-0.3, -0.25) is 9.69 Å². The second kappa shape index (κ2) is 6.57. The van der Waals surface area contributed by atoms with Crippen molar-refractivity contribution in [3.63, 3.8) is 0 Å². The minimum absolute atomic E-state index is 0.0980. The lowest BCUT2D eigenvalue weighted by atomic mass is 10.1. The SMILES string of the molecule is Cc1ncc(CN2CCN(C(=O)c3ccc4c(c3)ncn4C)CC2)s1. The Kier molecular flexibility index (Phi) is 4.27. The number of hydrogen-bond donors (Lipinski definition) is 0. The van der Waals surface area contributed by atoms with E-state index in [2.05, 4.69) is 14.9 Å². The van der Waals surface area contributed by atoms with Crippen LogP contribution in [-0.4, -0.2) is 56.4 Å². The van der Waals surface area contributed by atoms with Gasteiger partial charge in [-0.2, -0.15) is 0 Å². The summed E-state index contributed by atoms with van der Waals surface area (Å²) in [4.78, 5) is 27.1. The van der Waals surface area contributed by atoms with E-state index in [1.54, 1.807) is 17.7 Å². The molecule has 0 N–H and O–H groups in total. The van der Waals surface area contributed by atoms with Crippen LogP contribution in [0.25, 0.3) is 11.0 Å². The minimum Gasteiger partial charge on any atom is -0.336 e. The van der Waals surface area contributed by atoms with Crippen LogP contribution in [0.3, 0.4) is 0 Å². The van der Waals surface area contributed by atoms with Crippen molar-refractivity contribution >= 4 is 28.3 Å². The van der Waals surface area contributed by atoms with E-state index < -0.39 is 0 Å². The van der Waals surface area contributed by atoms with Crippen LogP contribution in [0, 0.1) is 6.92 Å². The molecule has 1 aliphatic heterocycles. The van der Waals surface area contributed by atoms with E-state index in [-0.39, 0.29) is 5.91 Å². The number of aromatic nitrogens is 3. The molecule has 6 nitrogen and oxygen atoms in total. The number of imidazole rings is 1. The smallest absolute Gasteiger partial charge is 0.254 e. The molecule has 0 saturated carbocycles. The quantitative estimate of drug-likeness (QED) is 0.723. The van der Waals surface area contributed by atoms with Gasteiger partial charge in [0.05, 0.1) is 22.4 Å². The second-order valence-electron chi connectivity index (χ2n) is 6.47. The van der Waals surface area contributed by atoms with Gasteiger partial charge in [0.2, 0.25) is 0 Å². The predicted octanol–water partition coefficient (Wildman–Crippen LogP) is 2.30. The maximum atomic E-state index is 12.8. The number of carbonyl (C=O) groups is 1. The first kappa shape index (κ1) is 16.2. The molecule has 1 aromatic carbocycles. The zero-order valence-corrected chi connectivity index (χ0v) is 15.3. The van der Waals surface area contributed by atoms with Crippen LogP contribution in [0.5, 0.6) is 0 Å². The maximum absolute atomic E-state index is 12.8. The number of fused-ring (bicyclic) bond motifs is 1. The van der Waals surface area contributed by atoms with E-state index in [0.29, 0.717) is 0 Å². The average Bonchev–Trinajstić information content (AvgIpc) is 3.20. The molecule has 0 spiro atoms. The molecule has 4 rings (SSSR count). The number of amides is 1. The largest absolute Gasteiger partial charge is 0.336 e. The molecule has 3 aromatic rings. The fourth-order valence-corrected chi connectivity index (χ4v) is 4.10. The Balaban J connectivity index is 1.40. The summed E-state index contributed by atoms with van der Waals surface area (Å²) in [6.07, 6.45) is 3.73. The van der Waals surface area contributed by atoms with Crippen LogP contribution in [0.1, 0.15) is 20.2 Å². The molecule has 0 aliphatic carbocycles. The molecule has 1 aliphatic rings. The predicted molar refractivity (Wildman–Crippen MR) is 98.7 cm³/mol. The number of rotatable bonds is 3. The topological polar surface area (TPSA) is 54.3 Å². The van der Waals surface area contributed by atoms with Gasteiger partial charge in [-0.25, -0.2) is 9.97 Å². The van der Waals surface area contributed by atoms with Gasteiger partial charge in [-0.05, 0) is 25.1 Å². The van der Waals surface area contributed by atoms with E-state index in [1.807, 2.05) is 47.8 Å². The zero-order chi connectivity index (χ0) is 17.4. The Hall–Kier alpha value is -2.25. The van der Waals surface area contributed by atoms with Gasteiger partial charge < -0.3 is 9.47 Å². The summed E-state index contributed by atoms with van der Waals surface area (Å²) in [5.41, 5.74) is 2.63. The van der Waals surface area contributed by atoms with Crippen LogP contribution in [-0.2, 0) is 13.6 Å². The molecular formula is C18H21N5OS.